The fraction of sp³-hybridized carbons (Fsp3) is 0.462. The minimum absolute atomic E-state index is 0.148. The molecule has 1 aromatic carbocycles. The van der Waals surface area contributed by atoms with E-state index < -0.39 is 0 Å². The van der Waals surface area contributed by atoms with Crippen LogP contribution in [0.2, 0.25) is 0 Å². The molecular formula is C13H20N2O2. The lowest BCUT2D eigenvalue weighted by atomic mass is 10.2. The molecule has 0 radical (unpaired) electrons. The van der Waals surface area contributed by atoms with Crippen LogP contribution in [0.25, 0.3) is 0 Å². The molecule has 1 N–H and O–H groups in total. The third-order valence-corrected chi connectivity index (χ3v) is 2.59. The summed E-state index contributed by atoms with van der Waals surface area (Å²) in [4.78, 5) is 13.4. The summed E-state index contributed by atoms with van der Waals surface area (Å²) in [7, 11) is 5.31. The summed E-state index contributed by atoms with van der Waals surface area (Å²) in [5, 5.41) is 2.97. The largest absolute Gasteiger partial charge is 0.497 e. The highest BCUT2D eigenvalue weighted by Crippen LogP contribution is 2.12. The maximum absolute atomic E-state index is 11.7. The van der Waals surface area contributed by atoms with Gasteiger partial charge in [0, 0.05) is 26.6 Å². The van der Waals surface area contributed by atoms with Crippen LogP contribution in [0.15, 0.2) is 24.3 Å². The zero-order valence-electron chi connectivity index (χ0n) is 10.7. The van der Waals surface area contributed by atoms with Crippen molar-refractivity contribution in [2.24, 2.45) is 0 Å². The number of hydrogen-bond donors (Lipinski definition) is 1. The quantitative estimate of drug-likeness (QED) is 0.808. The van der Waals surface area contributed by atoms with Gasteiger partial charge in [-0.25, -0.2) is 0 Å². The number of amides is 1. The summed E-state index contributed by atoms with van der Waals surface area (Å²) in [6.07, 6.45) is 0.531. The van der Waals surface area contributed by atoms with Crippen LogP contribution in [-0.2, 0) is 11.3 Å². The lowest BCUT2D eigenvalue weighted by Gasteiger charge is -2.17. The molecule has 0 aliphatic rings. The molecule has 94 valence electrons. The van der Waals surface area contributed by atoms with Gasteiger partial charge in [0.2, 0.25) is 5.91 Å². The van der Waals surface area contributed by atoms with Crippen LogP contribution < -0.4 is 10.1 Å². The number of nitrogens with one attached hydrogen (secondary N) is 1. The van der Waals surface area contributed by atoms with Crippen molar-refractivity contribution in [2.45, 2.75) is 13.0 Å². The van der Waals surface area contributed by atoms with E-state index in [0.29, 0.717) is 19.5 Å². The smallest absolute Gasteiger partial charge is 0.223 e. The Kier molecular flexibility index (Phi) is 5.49. The molecule has 0 saturated heterocycles. The average molecular weight is 236 g/mol. The van der Waals surface area contributed by atoms with E-state index in [1.54, 1.807) is 12.0 Å². The Morgan fingerprint density at radius 3 is 2.53 bits per heavy atom. The van der Waals surface area contributed by atoms with E-state index in [4.69, 9.17) is 4.74 Å². The van der Waals surface area contributed by atoms with Gasteiger partial charge in [0.1, 0.15) is 5.75 Å². The Bertz CT molecular complexity index is 349. The monoisotopic (exact) mass is 236 g/mol. The molecule has 0 spiro atoms. The Labute approximate surface area is 103 Å². The van der Waals surface area contributed by atoms with Gasteiger partial charge in [0.15, 0.2) is 0 Å². The number of nitrogens with zero attached hydrogens (tertiary/aromatic N) is 1. The summed E-state index contributed by atoms with van der Waals surface area (Å²) in [5.41, 5.74) is 1.10. The number of methoxy groups -OCH3 is 1. The highest BCUT2D eigenvalue weighted by Gasteiger charge is 2.08. The highest BCUT2D eigenvalue weighted by molar-refractivity contribution is 5.76. The second kappa shape index (κ2) is 6.91. The molecular weight excluding hydrogens is 216 g/mol. The minimum Gasteiger partial charge on any atom is -0.497 e. The maximum Gasteiger partial charge on any atom is 0.223 e. The molecule has 0 aromatic heterocycles. The normalized spacial score (nSPS) is 10.1. The first-order chi connectivity index (χ1) is 8.17. The SMILES string of the molecule is CNCCC(=O)N(C)Cc1ccc(OC)cc1. The summed E-state index contributed by atoms with van der Waals surface area (Å²) < 4.78 is 5.09. The fourth-order valence-electron chi connectivity index (χ4n) is 1.52. The van der Waals surface area contributed by atoms with Crippen molar-refractivity contribution in [1.29, 1.82) is 0 Å². The van der Waals surface area contributed by atoms with E-state index in [1.165, 1.54) is 0 Å². The Morgan fingerprint density at radius 2 is 2.00 bits per heavy atom. The Hall–Kier alpha value is -1.55. The maximum atomic E-state index is 11.7. The second-order valence-corrected chi connectivity index (χ2v) is 3.95. The third-order valence-electron chi connectivity index (χ3n) is 2.59. The molecule has 1 aromatic rings. The molecule has 0 atom stereocenters. The lowest BCUT2D eigenvalue weighted by molar-refractivity contribution is -0.130. The van der Waals surface area contributed by atoms with Crippen LogP contribution in [-0.4, -0.2) is 38.6 Å². The third kappa shape index (κ3) is 4.44. The summed E-state index contributed by atoms with van der Waals surface area (Å²) in [6.45, 7) is 1.35. The first-order valence-corrected chi connectivity index (χ1v) is 5.69. The van der Waals surface area contributed by atoms with E-state index in [-0.39, 0.29) is 5.91 Å². The number of rotatable bonds is 6. The van der Waals surface area contributed by atoms with E-state index >= 15 is 0 Å². The van der Waals surface area contributed by atoms with Gasteiger partial charge >= 0.3 is 0 Å². The predicted octanol–water partition coefficient (Wildman–Crippen LogP) is 1.26. The first-order valence-electron chi connectivity index (χ1n) is 5.69. The average Bonchev–Trinajstić information content (AvgIpc) is 2.36. The molecule has 4 nitrogen and oxygen atoms in total. The standard InChI is InChI=1S/C13H20N2O2/c1-14-9-8-13(16)15(2)10-11-4-6-12(17-3)7-5-11/h4-7,14H,8-10H2,1-3H3. The molecule has 0 bridgehead atoms. The zero-order valence-corrected chi connectivity index (χ0v) is 10.7. The van der Waals surface area contributed by atoms with Crippen LogP contribution in [0, 0.1) is 0 Å². The Morgan fingerprint density at radius 1 is 1.35 bits per heavy atom. The Balaban J connectivity index is 2.49. The summed E-state index contributed by atoms with van der Waals surface area (Å²) >= 11 is 0. The van der Waals surface area contributed by atoms with Gasteiger partial charge in [0.05, 0.1) is 7.11 Å². The lowest BCUT2D eigenvalue weighted by Crippen LogP contribution is -2.28. The van der Waals surface area contributed by atoms with Crippen LogP contribution >= 0.6 is 0 Å². The number of ether oxygens (including phenoxy) is 1. The van der Waals surface area contributed by atoms with Gasteiger partial charge in [-0.2, -0.15) is 0 Å². The number of carbonyl (C=O) groups is 1. The van der Waals surface area contributed by atoms with Crippen molar-refractivity contribution >= 4 is 5.91 Å². The number of benzene rings is 1. The fourth-order valence-corrected chi connectivity index (χ4v) is 1.52. The molecule has 0 aliphatic carbocycles. The van der Waals surface area contributed by atoms with Gasteiger partial charge in [-0.1, -0.05) is 12.1 Å². The summed E-state index contributed by atoms with van der Waals surface area (Å²) in [6, 6.07) is 7.75. The van der Waals surface area contributed by atoms with Gasteiger partial charge in [-0.05, 0) is 24.7 Å². The molecule has 0 saturated carbocycles. The van der Waals surface area contributed by atoms with Crippen molar-refractivity contribution in [3.8, 4) is 5.75 Å². The molecule has 0 heterocycles. The van der Waals surface area contributed by atoms with Gasteiger partial charge < -0.3 is 15.0 Å². The predicted molar refractivity (Wildman–Crippen MR) is 68.0 cm³/mol. The summed E-state index contributed by atoms with van der Waals surface area (Å²) in [5.74, 6) is 0.980. The molecule has 0 unspecified atom stereocenters. The van der Waals surface area contributed by atoms with Gasteiger partial charge in [0.25, 0.3) is 0 Å². The molecule has 17 heavy (non-hydrogen) atoms. The van der Waals surface area contributed by atoms with Gasteiger partial charge in [-0.3, -0.25) is 4.79 Å². The van der Waals surface area contributed by atoms with E-state index in [9.17, 15) is 4.79 Å². The van der Waals surface area contributed by atoms with E-state index in [1.807, 2.05) is 38.4 Å². The highest BCUT2D eigenvalue weighted by atomic mass is 16.5. The molecule has 1 rings (SSSR count). The molecule has 1 amide bonds. The van der Waals surface area contributed by atoms with E-state index in [0.717, 1.165) is 11.3 Å². The van der Waals surface area contributed by atoms with Crippen molar-refractivity contribution in [2.75, 3.05) is 27.7 Å². The van der Waals surface area contributed by atoms with Crippen LogP contribution in [0.3, 0.4) is 0 Å². The van der Waals surface area contributed by atoms with Crippen molar-refractivity contribution < 1.29 is 9.53 Å². The minimum atomic E-state index is 0.148. The number of hydrogen-bond acceptors (Lipinski definition) is 3. The van der Waals surface area contributed by atoms with Gasteiger partial charge in [-0.15, -0.1) is 0 Å². The van der Waals surface area contributed by atoms with Crippen molar-refractivity contribution in [3.63, 3.8) is 0 Å². The van der Waals surface area contributed by atoms with Crippen LogP contribution in [0.5, 0.6) is 5.75 Å². The molecule has 0 aliphatic heterocycles. The second-order valence-electron chi connectivity index (χ2n) is 3.95. The van der Waals surface area contributed by atoms with Crippen molar-refractivity contribution in [3.05, 3.63) is 29.8 Å². The van der Waals surface area contributed by atoms with E-state index in [2.05, 4.69) is 5.32 Å². The van der Waals surface area contributed by atoms with Crippen LogP contribution in [0.4, 0.5) is 0 Å². The molecule has 4 heteroatoms. The topological polar surface area (TPSA) is 41.6 Å². The number of carbonyl (C=O) groups excluding carboxylic acids is 1. The zero-order chi connectivity index (χ0) is 12.7. The first kappa shape index (κ1) is 13.5. The van der Waals surface area contributed by atoms with Crippen LogP contribution in [0.1, 0.15) is 12.0 Å². The molecule has 0 fully saturated rings. The van der Waals surface area contributed by atoms with Crippen molar-refractivity contribution in [1.82, 2.24) is 10.2 Å².